The Balaban J connectivity index is 2.03. The van der Waals surface area contributed by atoms with Gasteiger partial charge >= 0.3 is 0 Å². The quantitative estimate of drug-likeness (QED) is 0.795. The molecule has 1 aliphatic heterocycles. The molecule has 0 bridgehead atoms. The van der Waals surface area contributed by atoms with E-state index in [4.69, 9.17) is 5.11 Å². The van der Waals surface area contributed by atoms with Crippen molar-refractivity contribution in [1.29, 1.82) is 0 Å². The summed E-state index contributed by atoms with van der Waals surface area (Å²) in [6, 6.07) is 5.86. The maximum atomic E-state index is 8.85. The lowest BCUT2D eigenvalue weighted by Crippen LogP contribution is -2.48. The third kappa shape index (κ3) is 1.84. The Bertz CT molecular complexity index is 299. The van der Waals surface area contributed by atoms with E-state index in [0.29, 0.717) is 5.92 Å². The molecule has 1 fully saturated rings. The van der Waals surface area contributed by atoms with Crippen molar-refractivity contribution in [2.24, 2.45) is 5.92 Å². The molecule has 0 aromatic carbocycles. The van der Waals surface area contributed by atoms with Crippen molar-refractivity contribution in [3.63, 3.8) is 0 Å². The molecule has 4 heteroatoms. The van der Waals surface area contributed by atoms with E-state index in [1.807, 2.05) is 18.2 Å². The molecule has 0 saturated carbocycles. The molecule has 0 radical (unpaired) electrons. The van der Waals surface area contributed by atoms with E-state index in [0.717, 1.165) is 23.5 Å². The molecular weight excluding hydrogens is 232 g/mol. The van der Waals surface area contributed by atoms with E-state index in [-0.39, 0.29) is 6.61 Å². The van der Waals surface area contributed by atoms with Crippen molar-refractivity contribution >= 4 is 21.7 Å². The molecule has 0 amide bonds. The Morgan fingerprint density at radius 2 is 2.31 bits per heavy atom. The minimum atomic E-state index is 0.282. The van der Waals surface area contributed by atoms with Crippen LogP contribution in [0.3, 0.4) is 0 Å². The van der Waals surface area contributed by atoms with E-state index < -0.39 is 0 Å². The smallest absolute Gasteiger partial charge is 0.129 e. The summed E-state index contributed by atoms with van der Waals surface area (Å²) in [4.78, 5) is 6.48. The number of halogens is 1. The van der Waals surface area contributed by atoms with Crippen LogP contribution in [0.15, 0.2) is 22.8 Å². The van der Waals surface area contributed by atoms with E-state index in [1.165, 1.54) is 0 Å². The molecule has 0 atom stereocenters. The number of hydrogen-bond acceptors (Lipinski definition) is 3. The first-order valence-electron chi connectivity index (χ1n) is 4.28. The van der Waals surface area contributed by atoms with Crippen LogP contribution in [0, 0.1) is 5.92 Å². The number of aromatic nitrogens is 1. The lowest BCUT2D eigenvalue weighted by molar-refractivity contribution is 0.200. The molecule has 2 heterocycles. The number of anilines is 1. The number of nitrogens with zero attached hydrogens (tertiary/aromatic N) is 2. The summed E-state index contributed by atoms with van der Waals surface area (Å²) in [5.41, 5.74) is 0. The molecule has 70 valence electrons. The van der Waals surface area contributed by atoms with Crippen LogP contribution in [0.25, 0.3) is 0 Å². The Morgan fingerprint density at radius 1 is 1.54 bits per heavy atom. The molecule has 3 nitrogen and oxygen atoms in total. The van der Waals surface area contributed by atoms with Crippen LogP contribution in [0.1, 0.15) is 0 Å². The summed E-state index contributed by atoms with van der Waals surface area (Å²) in [5.74, 6) is 1.42. The van der Waals surface area contributed by atoms with Gasteiger partial charge in [-0.15, -0.1) is 0 Å². The zero-order valence-corrected chi connectivity index (χ0v) is 8.74. The first kappa shape index (κ1) is 8.97. The Morgan fingerprint density at radius 3 is 2.92 bits per heavy atom. The highest BCUT2D eigenvalue weighted by Crippen LogP contribution is 2.23. The van der Waals surface area contributed by atoms with Gasteiger partial charge in [-0.1, -0.05) is 6.07 Å². The third-order valence-electron chi connectivity index (χ3n) is 2.24. The summed E-state index contributed by atoms with van der Waals surface area (Å²) in [6.45, 7) is 2.12. The van der Waals surface area contributed by atoms with Gasteiger partial charge in [-0.2, -0.15) is 0 Å². The van der Waals surface area contributed by atoms with Crippen LogP contribution in [0.5, 0.6) is 0 Å². The summed E-state index contributed by atoms with van der Waals surface area (Å²) in [7, 11) is 0. The molecule has 1 aromatic heterocycles. The normalized spacial score (nSPS) is 17.2. The first-order chi connectivity index (χ1) is 6.29. The van der Waals surface area contributed by atoms with Crippen LogP contribution in [0.4, 0.5) is 5.82 Å². The second-order valence-corrected chi connectivity index (χ2v) is 4.08. The number of rotatable bonds is 2. The fraction of sp³-hybridized carbons (Fsp3) is 0.444. The van der Waals surface area contributed by atoms with Gasteiger partial charge in [-0.25, -0.2) is 4.98 Å². The molecule has 1 aromatic rings. The summed E-state index contributed by atoms with van der Waals surface area (Å²) in [6.07, 6.45) is 0. The molecular formula is C9H11BrN2O. The van der Waals surface area contributed by atoms with Gasteiger partial charge in [0.25, 0.3) is 0 Å². The largest absolute Gasteiger partial charge is 0.396 e. The van der Waals surface area contributed by atoms with Gasteiger partial charge in [-0.05, 0) is 28.1 Å². The van der Waals surface area contributed by atoms with Crippen molar-refractivity contribution in [3.8, 4) is 0 Å². The van der Waals surface area contributed by atoms with E-state index in [9.17, 15) is 0 Å². The van der Waals surface area contributed by atoms with Crippen LogP contribution in [-0.2, 0) is 0 Å². The fourth-order valence-electron chi connectivity index (χ4n) is 1.45. The Labute approximate surface area is 85.5 Å². The highest BCUT2D eigenvalue weighted by Gasteiger charge is 2.26. The molecule has 2 rings (SSSR count). The fourth-order valence-corrected chi connectivity index (χ4v) is 1.78. The molecule has 0 aliphatic carbocycles. The highest BCUT2D eigenvalue weighted by atomic mass is 79.9. The second-order valence-electron chi connectivity index (χ2n) is 3.27. The van der Waals surface area contributed by atoms with Gasteiger partial charge in [-0.3, -0.25) is 0 Å². The van der Waals surface area contributed by atoms with Gasteiger partial charge < -0.3 is 10.0 Å². The molecule has 0 spiro atoms. The van der Waals surface area contributed by atoms with E-state index >= 15 is 0 Å². The predicted molar refractivity (Wildman–Crippen MR) is 54.7 cm³/mol. The molecule has 1 saturated heterocycles. The predicted octanol–water partition coefficient (Wildman–Crippen LogP) is 1.27. The maximum absolute atomic E-state index is 8.85. The van der Waals surface area contributed by atoms with Crippen LogP contribution in [0.2, 0.25) is 0 Å². The second kappa shape index (κ2) is 3.64. The van der Waals surface area contributed by atoms with E-state index in [1.54, 1.807) is 0 Å². The van der Waals surface area contributed by atoms with Crippen molar-refractivity contribution in [2.75, 3.05) is 24.6 Å². The highest BCUT2D eigenvalue weighted by molar-refractivity contribution is 9.10. The van der Waals surface area contributed by atoms with Gasteiger partial charge in [0, 0.05) is 25.6 Å². The van der Waals surface area contributed by atoms with Crippen LogP contribution in [-0.4, -0.2) is 29.8 Å². The average Bonchev–Trinajstić information content (AvgIpc) is 2.02. The topological polar surface area (TPSA) is 36.4 Å². The lowest BCUT2D eigenvalue weighted by Gasteiger charge is -2.39. The summed E-state index contributed by atoms with van der Waals surface area (Å²) in [5, 5.41) is 8.85. The Hall–Kier alpha value is -0.610. The lowest BCUT2D eigenvalue weighted by atomic mass is 10.0. The zero-order valence-electron chi connectivity index (χ0n) is 7.15. The van der Waals surface area contributed by atoms with Gasteiger partial charge in [0.1, 0.15) is 10.4 Å². The van der Waals surface area contributed by atoms with Crippen LogP contribution >= 0.6 is 15.9 Å². The summed E-state index contributed by atoms with van der Waals surface area (Å²) < 4.78 is 0.859. The van der Waals surface area contributed by atoms with Crippen LogP contribution < -0.4 is 4.90 Å². The van der Waals surface area contributed by atoms with Crippen molar-refractivity contribution in [2.45, 2.75) is 0 Å². The van der Waals surface area contributed by atoms with E-state index in [2.05, 4.69) is 25.8 Å². The van der Waals surface area contributed by atoms with Gasteiger partial charge in [0.2, 0.25) is 0 Å². The monoisotopic (exact) mass is 242 g/mol. The van der Waals surface area contributed by atoms with Crippen molar-refractivity contribution in [1.82, 2.24) is 4.98 Å². The standard InChI is InChI=1S/C9H11BrN2O/c10-8-2-1-3-9(11-8)12-4-7(5-12)6-13/h1-3,7,13H,4-6H2. The minimum absolute atomic E-state index is 0.282. The average molecular weight is 243 g/mol. The number of aliphatic hydroxyl groups is 1. The zero-order chi connectivity index (χ0) is 9.26. The molecule has 0 unspecified atom stereocenters. The maximum Gasteiger partial charge on any atom is 0.129 e. The van der Waals surface area contributed by atoms with Gasteiger partial charge in [0.15, 0.2) is 0 Å². The summed E-state index contributed by atoms with van der Waals surface area (Å²) >= 11 is 3.33. The number of hydrogen-bond donors (Lipinski definition) is 1. The first-order valence-corrected chi connectivity index (χ1v) is 5.07. The Kier molecular flexibility index (Phi) is 2.51. The third-order valence-corrected chi connectivity index (χ3v) is 2.68. The number of aliphatic hydroxyl groups excluding tert-OH is 1. The van der Waals surface area contributed by atoms with Crippen molar-refractivity contribution in [3.05, 3.63) is 22.8 Å². The minimum Gasteiger partial charge on any atom is -0.396 e. The molecule has 1 aliphatic rings. The molecule has 13 heavy (non-hydrogen) atoms. The SMILES string of the molecule is OCC1CN(c2cccc(Br)n2)C1. The number of pyridine rings is 1. The van der Waals surface area contributed by atoms with Gasteiger partial charge in [0.05, 0.1) is 0 Å². The molecule has 1 N–H and O–H groups in total. The van der Waals surface area contributed by atoms with Crippen molar-refractivity contribution < 1.29 is 5.11 Å².